The van der Waals surface area contributed by atoms with Gasteiger partial charge in [0, 0.05) is 19.2 Å². The number of amides is 2. The maximum absolute atomic E-state index is 11.8. The molecule has 0 aliphatic carbocycles. The van der Waals surface area contributed by atoms with Gasteiger partial charge in [-0.15, -0.1) is 0 Å². The molecule has 104 valence electrons. The molecule has 6 heteroatoms. The monoisotopic (exact) mass is 266 g/mol. The fourth-order valence-corrected chi connectivity index (χ4v) is 1.51. The Morgan fingerprint density at radius 1 is 1.32 bits per heavy atom. The number of carbonyl (C=O) groups excluding carboxylic acids is 2. The van der Waals surface area contributed by atoms with Gasteiger partial charge in [-0.1, -0.05) is 0 Å². The summed E-state index contributed by atoms with van der Waals surface area (Å²) in [5, 5.41) is 14.4. The number of ether oxygens (including phenoxy) is 1. The average Bonchev–Trinajstić information content (AvgIpc) is 2.36. The Bertz CT molecular complexity index is 460. The Kier molecular flexibility index (Phi) is 5.81. The lowest BCUT2D eigenvalue weighted by Gasteiger charge is -2.08. The molecule has 0 saturated heterocycles. The van der Waals surface area contributed by atoms with Crippen LogP contribution in [0.3, 0.4) is 0 Å². The van der Waals surface area contributed by atoms with Crippen molar-refractivity contribution in [3.63, 3.8) is 0 Å². The van der Waals surface area contributed by atoms with Crippen LogP contribution in [0.2, 0.25) is 0 Å². The summed E-state index contributed by atoms with van der Waals surface area (Å²) in [5.41, 5.74) is 1.08. The Morgan fingerprint density at radius 3 is 2.68 bits per heavy atom. The van der Waals surface area contributed by atoms with E-state index in [9.17, 15) is 14.7 Å². The Labute approximate surface area is 111 Å². The molecule has 0 aromatic heterocycles. The van der Waals surface area contributed by atoms with E-state index in [4.69, 9.17) is 4.74 Å². The van der Waals surface area contributed by atoms with E-state index in [2.05, 4.69) is 10.6 Å². The quantitative estimate of drug-likeness (QED) is 0.642. The predicted octanol–water partition coefficient (Wildman–Crippen LogP) is 0.193. The minimum atomic E-state index is -0.348. The summed E-state index contributed by atoms with van der Waals surface area (Å²) < 4.78 is 4.79. The summed E-state index contributed by atoms with van der Waals surface area (Å²) in [5.74, 6) is -0.521. The molecule has 3 N–H and O–H groups in total. The molecule has 0 radical (unpaired) electrons. The van der Waals surface area contributed by atoms with E-state index in [-0.39, 0.29) is 24.1 Å². The molecule has 0 spiro atoms. The number of carbonyl (C=O) groups is 2. The van der Waals surface area contributed by atoms with Crippen LogP contribution in [-0.4, -0.2) is 43.7 Å². The normalized spacial score (nSPS) is 10.0. The van der Waals surface area contributed by atoms with Gasteiger partial charge in [0.2, 0.25) is 5.91 Å². The van der Waals surface area contributed by atoms with E-state index in [0.717, 1.165) is 0 Å². The van der Waals surface area contributed by atoms with Gasteiger partial charge in [0.25, 0.3) is 5.91 Å². The summed E-state index contributed by atoms with van der Waals surface area (Å²) in [6, 6.07) is 4.44. The van der Waals surface area contributed by atoms with E-state index >= 15 is 0 Å². The van der Waals surface area contributed by atoms with Crippen molar-refractivity contribution in [2.24, 2.45) is 0 Å². The number of phenolic OH excluding ortho intramolecular Hbond substituents is 1. The van der Waals surface area contributed by atoms with E-state index in [1.54, 1.807) is 14.0 Å². The van der Waals surface area contributed by atoms with Crippen molar-refractivity contribution in [1.29, 1.82) is 0 Å². The van der Waals surface area contributed by atoms with Crippen LogP contribution in [0.4, 0.5) is 0 Å². The average molecular weight is 266 g/mol. The number of hydrogen-bond acceptors (Lipinski definition) is 4. The molecule has 0 saturated carbocycles. The number of aryl methyl sites for hydroxylation is 1. The van der Waals surface area contributed by atoms with Crippen LogP contribution in [-0.2, 0) is 9.53 Å². The van der Waals surface area contributed by atoms with E-state index in [1.165, 1.54) is 18.2 Å². The van der Waals surface area contributed by atoms with Crippen molar-refractivity contribution in [3.05, 3.63) is 29.3 Å². The van der Waals surface area contributed by atoms with Crippen LogP contribution in [0.5, 0.6) is 5.75 Å². The van der Waals surface area contributed by atoms with E-state index in [1.807, 2.05) is 0 Å². The largest absolute Gasteiger partial charge is 0.508 e. The molecule has 0 aliphatic heterocycles. The molecule has 0 atom stereocenters. The van der Waals surface area contributed by atoms with Gasteiger partial charge < -0.3 is 20.5 Å². The summed E-state index contributed by atoms with van der Waals surface area (Å²) in [7, 11) is 1.54. The number of methoxy groups -OCH3 is 1. The Morgan fingerprint density at radius 2 is 2.05 bits per heavy atom. The first kappa shape index (κ1) is 15.0. The lowest BCUT2D eigenvalue weighted by atomic mass is 10.1. The molecule has 1 rings (SSSR count). The summed E-state index contributed by atoms with van der Waals surface area (Å²) in [6.07, 6.45) is 0. The third-order valence-corrected chi connectivity index (χ3v) is 2.49. The third-order valence-electron chi connectivity index (χ3n) is 2.49. The second-order valence-corrected chi connectivity index (χ2v) is 4.02. The molecule has 1 aromatic carbocycles. The van der Waals surface area contributed by atoms with Crippen molar-refractivity contribution < 1.29 is 19.4 Å². The van der Waals surface area contributed by atoms with Gasteiger partial charge in [-0.2, -0.15) is 0 Å². The molecule has 2 amide bonds. The second-order valence-electron chi connectivity index (χ2n) is 4.02. The Balaban J connectivity index is 2.45. The smallest absolute Gasteiger partial charge is 0.251 e. The number of benzene rings is 1. The van der Waals surface area contributed by atoms with Crippen molar-refractivity contribution in [2.75, 3.05) is 26.8 Å². The highest BCUT2D eigenvalue weighted by atomic mass is 16.5. The zero-order valence-corrected chi connectivity index (χ0v) is 11.0. The molecule has 0 heterocycles. The molecule has 0 aliphatic rings. The standard InChI is InChI=1S/C13H18N2O4/c1-9-7-10(16)3-4-11(9)13(18)15-8-12(17)14-5-6-19-2/h3-4,7,16H,5-6,8H2,1-2H3,(H,14,17)(H,15,18). The summed E-state index contributed by atoms with van der Waals surface area (Å²) in [6.45, 7) is 2.45. The maximum atomic E-state index is 11.8. The van der Waals surface area contributed by atoms with Crippen LogP contribution in [0.25, 0.3) is 0 Å². The molecule has 1 aromatic rings. The van der Waals surface area contributed by atoms with E-state index in [0.29, 0.717) is 24.3 Å². The molecular formula is C13H18N2O4. The van der Waals surface area contributed by atoms with Crippen LogP contribution in [0.15, 0.2) is 18.2 Å². The molecular weight excluding hydrogens is 248 g/mol. The van der Waals surface area contributed by atoms with Gasteiger partial charge in [-0.3, -0.25) is 9.59 Å². The highest BCUT2D eigenvalue weighted by Crippen LogP contribution is 2.15. The van der Waals surface area contributed by atoms with Gasteiger partial charge in [-0.05, 0) is 30.7 Å². The molecule has 6 nitrogen and oxygen atoms in total. The molecule has 0 bridgehead atoms. The minimum absolute atomic E-state index is 0.0944. The fraction of sp³-hybridized carbons (Fsp3) is 0.385. The first-order chi connectivity index (χ1) is 9.04. The maximum Gasteiger partial charge on any atom is 0.251 e. The highest BCUT2D eigenvalue weighted by molar-refractivity contribution is 5.97. The second kappa shape index (κ2) is 7.38. The zero-order valence-electron chi connectivity index (χ0n) is 11.0. The number of rotatable bonds is 6. The third kappa shape index (κ3) is 4.97. The number of nitrogens with one attached hydrogen (secondary N) is 2. The lowest BCUT2D eigenvalue weighted by molar-refractivity contribution is -0.120. The summed E-state index contributed by atoms with van der Waals surface area (Å²) in [4.78, 5) is 23.2. The topological polar surface area (TPSA) is 87.7 Å². The van der Waals surface area contributed by atoms with Crippen molar-refractivity contribution in [3.8, 4) is 5.75 Å². The minimum Gasteiger partial charge on any atom is -0.508 e. The van der Waals surface area contributed by atoms with E-state index < -0.39 is 0 Å². The van der Waals surface area contributed by atoms with Crippen LogP contribution < -0.4 is 10.6 Å². The van der Waals surface area contributed by atoms with Crippen LogP contribution in [0, 0.1) is 6.92 Å². The van der Waals surface area contributed by atoms with Crippen LogP contribution in [0.1, 0.15) is 15.9 Å². The van der Waals surface area contributed by atoms with Gasteiger partial charge >= 0.3 is 0 Å². The van der Waals surface area contributed by atoms with Gasteiger partial charge in [0.15, 0.2) is 0 Å². The summed E-state index contributed by atoms with van der Waals surface area (Å²) >= 11 is 0. The molecule has 0 unspecified atom stereocenters. The molecule has 19 heavy (non-hydrogen) atoms. The number of phenols is 1. The lowest BCUT2D eigenvalue weighted by Crippen LogP contribution is -2.38. The first-order valence-electron chi connectivity index (χ1n) is 5.88. The first-order valence-corrected chi connectivity index (χ1v) is 5.88. The Hall–Kier alpha value is -2.08. The number of aromatic hydroxyl groups is 1. The molecule has 0 fully saturated rings. The zero-order chi connectivity index (χ0) is 14.3. The van der Waals surface area contributed by atoms with Crippen molar-refractivity contribution in [1.82, 2.24) is 10.6 Å². The van der Waals surface area contributed by atoms with Crippen molar-refractivity contribution >= 4 is 11.8 Å². The predicted molar refractivity (Wildman–Crippen MR) is 70.1 cm³/mol. The fourth-order valence-electron chi connectivity index (χ4n) is 1.51. The van der Waals surface area contributed by atoms with Gasteiger partial charge in [0.1, 0.15) is 5.75 Å². The van der Waals surface area contributed by atoms with Crippen LogP contribution >= 0.6 is 0 Å². The van der Waals surface area contributed by atoms with Gasteiger partial charge in [0.05, 0.1) is 13.2 Å². The highest BCUT2D eigenvalue weighted by Gasteiger charge is 2.10. The SMILES string of the molecule is COCCNC(=O)CNC(=O)c1ccc(O)cc1C. The van der Waals surface area contributed by atoms with Gasteiger partial charge in [-0.25, -0.2) is 0 Å². The van der Waals surface area contributed by atoms with Crippen molar-refractivity contribution in [2.45, 2.75) is 6.92 Å². The number of hydrogen-bond donors (Lipinski definition) is 3.